The second kappa shape index (κ2) is 4.81. The van der Waals surface area contributed by atoms with Crippen molar-refractivity contribution in [1.29, 1.82) is 0 Å². The van der Waals surface area contributed by atoms with E-state index < -0.39 is 0 Å². The fourth-order valence-corrected chi connectivity index (χ4v) is 2.58. The quantitative estimate of drug-likeness (QED) is 0.762. The summed E-state index contributed by atoms with van der Waals surface area (Å²) in [6.07, 6.45) is 3.98. The first-order chi connectivity index (χ1) is 7.24. The third kappa shape index (κ3) is 2.71. The molecule has 3 heteroatoms. The van der Waals surface area contributed by atoms with Crippen molar-refractivity contribution >= 4 is 0 Å². The molecule has 1 unspecified atom stereocenters. The van der Waals surface area contributed by atoms with Crippen molar-refractivity contribution < 1.29 is 9.84 Å². The predicted molar refractivity (Wildman–Crippen MR) is 59.8 cm³/mol. The van der Waals surface area contributed by atoms with Crippen LogP contribution in [0.2, 0.25) is 0 Å². The molecule has 3 nitrogen and oxygen atoms in total. The highest BCUT2D eigenvalue weighted by molar-refractivity contribution is 4.88. The van der Waals surface area contributed by atoms with E-state index in [9.17, 15) is 5.11 Å². The van der Waals surface area contributed by atoms with Crippen molar-refractivity contribution in [3.05, 3.63) is 0 Å². The van der Waals surface area contributed by atoms with E-state index in [4.69, 9.17) is 4.74 Å². The van der Waals surface area contributed by atoms with Gasteiger partial charge in [-0.25, -0.2) is 0 Å². The largest absolute Gasteiger partial charge is 0.396 e. The van der Waals surface area contributed by atoms with Crippen LogP contribution in [-0.2, 0) is 4.74 Å². The highest BCUT2D eigenvalue weighted by Gasteiger charge is 2.39. The predicted octanol–water partition coefficient (Wildman–Crippen LogP) is 1.12. The number of hydrogen-bond acceptors (Lipinski definition) is 3. The molecule has 88 valence electrons. The minimum atomic E-state index is 0.0631. The summed E-state index contributed by atoms with van der Waals surface area (Å²) >= 11 is 0. The Labute approximate surface area is 92.4 Å². The van der Waals surface area contributed by atoms with Gasteiger partial charge in [-0.15, -0.1) is 0 Å². The standard InChI is InChI=1S/C12H23NO2/c1-11-3-2-5-13(6-4-11)7-12(8-14)9-15-10-12/h11,14H,2-10H2,1H3. The van der Waals surface area contributed by atoms with E-state index in [0.717, 1.165) is 25.7 Å². The van der Waals surface area contributed by atoms with Crippen molar-refractivity contribution in [2.24, 2.45) is 11.3 Å². The van der Waals surface area contributed by atoms with Gasteiger partial charge < -0.3 is 14.7 Å². The van der Waals surface area contributed by atoms with Crippen molar-refractivity contribution in [2.75, 3.05) is 39.5 Å². The highest BCUT2D eigenvalue weighted by atomic mass is 16.5. The first-order valence-corrected chi connectivity index (χ1v) is 6.15. The molecule has 0 bridgehead atoms. The first-order valence-electron chi connectivity index (χ1n) is 6.15. The Balaban J connectivity index is 1.82. The van der Waals surface area contributed by atoms with Crippen LogP contribution in [0.25, 0.3) is 0 Å². The van der Waals surface area contributed by atoms with Crippen LogP contribution in [0.15, 0.2) is 0 Å². The van der Waals surface area contributed by atoms with Crippen molar-refractivity contribution in [2.45, 2.75) is 26.2 Å². The van der Waals surface area contributed by atoms with Crippen LogP contribution in [0.5, 0.6) is 0 Å². The summed E-state index contributed by atoms with van der Waals surface area (Å²) in [6.45, 7) is 7.53. The zero-order valence-electron chi connectivity index (χ0n) is 9.74. The van der Waals surface area contributed by atoms with Gasteiger partial charge in [0.1, 0.15) is 0 Å². The molecule has 0 aromatic heterocycles. The van der Waals surface area contributed by atoms with Crippen LogP contribution in [0.1, 0.15) is 26.2 Å². The normalized spacial score (nSPS) is 32.0. The maximum atomic E-state index is 9.38. The molecule has 0 amide bonds. The van der Waals surface area contributed by atoms with Crippen molar-refractivity contribution in [3.63, 3.8) is 0 Å². The first kappa shape index (κ1) is 11.4. The summed E-state index contributed by atoms with van der Waals surface area (Å²) < 4.78 is 5.24. The molecule has 15 heavy (non-hydrogen) atoms. The Kier molecular flexibility index (Phi) is 3.65. The fraction of sp³-hybridized carbons (Fsp3) is 1.00. The van der Waals surface area contributed by atoms with E-state index in [1.807, 2.05) is 0 Å². The lowest BCUT2D eigenvalue weighted by atomic mass is 9.86. The SMILES string of the molecule is CC1CCCN(CC2(CO)COC2)CC1. The number of likely N-dealkylation sites (tertiary alicyclic amines) is 1. The molecule has 0 saturated carbocycles. The fourth-order valence-electron chi connectivity index (χ4n) is 2.58. The molecule has 0 spiro atoms. The van der Waals surface area contributed by atoms with Crippen LogP contribution in [0, 0.1) is 11.3 Å². The van der Waals surface area contributed by atoms with Gasteiger partial charge in [-0.1, -0.05) is 6.92 Å². The summed E-state index contributed by atoms with van der Waals surface area (Å²) in [4.78, 5) is 2.52. The molecule has 0 aromatic carbocycles. The summed E-state index contributed by atoms with van der Waals surface area (Å²) in [7, 11) is 0. The Morgan fingerprint density at radius 3 is 2.73 bits per heavy atom. The molecule has 1 N–H and O–H groups in total. The molecule has 0 radical (unpaired) electrons. The molecule has 2 fully saturated rings. The average Bonchev–Trinajstić information content (AvgIpc) is 2.37. The molecule has 1 atom stereocenters. The van der Waals surface area contributed by atoms with Gasteiger partial charge in [-0.3, -0.25) is 0 Å². The number of rotatable bonds is 3. The molecule has 2 aliphatic heterocycles. The average molecular weight is 213 g/mol. The lowest BCUT2D eigenvalue weighted by Gasteiger charge is -2.43. The second-order valence-corrected chi connectivity index (χ2v) is 5.46. The van der Waals surface area contributed by atoms with Gasteiger partial charge in [0.15, 0.2) is 0 Å². The smallest absolute Gasteiger partial charge is 0.0579 e. The summed E-state index contributed by atoms with van der Waals surface area (Å²) in [6, 6.07) is 0. The van der Waals surface area contributed by atoms with Gasteiger partial charge in [-0.05, 0) is 38.3 Å². The molecule has 2 heterocycles. The maximum Gasteiger partial charge on any atom is 0.0579 e. The van der Waals surface area contributed by atoms with Gasteiger partial charge in [0.05, 0.1) is 25.2 Å². The molecule has 0 aliphatic carbocycles. The molecule has 0 aromatic rings. The van der Waals surface area contributed by atoms with Crippen LogP contribution in [0.3, 0.4) is 0 Å². The van der Waals surface area contributed by atoms with Crippen LogP contribution in [0.4, 0.5) is 0 Å². The van der Waals surface area contributed by atoms with Gasteiger partial charge >= 0.3 is 0 Å². The Morgan fingerprint density at radius 2 is 2.13 bits per heavy atom. The van der Waals surface area contributed by atoms with Gasteiger partial charge in [0.25, 0.3) is 0 Å². The van der Waals surface area contributed by atoms with Gasteiger partial charge in [-0.2, -0.15) is 0 Å². The summed E-state index contributed by atoms with van der Waals surface area (Å²) in [5.74, 6) is 0.873. The monoisotopic (exact) mass is 213 g/mol. The molecular weight excluding hydrogens is 190 g/mol. The Bertz CT molecular complexity index is 198. The minimum absolute atomic E-state index is 0.0631. The van der Waals surface area contributed by atoms with Crippen LogP contribution in [-0.4, -0.2) is 49.5 Å². The van der Waals surface area contributed by atoms with E-state index in [1.54, 1.807) is 0 Å². The second-order valence-electron chi connectivity index (χ2n) is 5.46. The number of ether oxygens (including phenoxy) is 1. The topological polar surface area (TPSA) is 32.7 Å². The third-order valence-corrected chi connectivity index (χ3v) is 3.82. The van der Waals surface area contributed by atoms with E-state index in [0.29, 0.717) is 0 Å². The zero-order valence-corrected chi connectivity index (χ0v) is 9.74. The lowest BCUT2D eigenvalue weighted by molar-refractivity contribution is -0.148. The maximum absolute atomic E-state index is 9.38. The van der Waals surface area contributed by atoms with E-state index in [2.05, 4.69) is 11.8 Å². The number of hydrogen-bond donors (Lipinski definition) is 1. The molecule has 2 aliphatic rings. The van der Waals surface area contributed by atoms with E-state index in [-0.39, 0.29) is 12.0 Å². The van der Waals surface area contributed by atoms with Crippen molar-refractivity contribution in [3.8, 4) is 0 Å². The van der Waals surface area contributed by atoms with Crippen LogP contribution >= 0.6 is 0 Å². The summed E-state index contributed by atoms with van der Waals surface area (Å²) in [5, 5.41) is 9.38. The summed E-state index contributed by atoms with van der Waals surface area (Å²) in [5.41, 5.74) is 0.0631. The Morgan fingerprint density at radius 1 is 1.33 bits per heavy atom. The zero-order chi connectivity index (χ0) is 10.7. The van der Waals surface area contributed by atoms with E-state index >= 15 is 0 Å². The molecular formula is C12H23NO2. The van der Waals surface area contributed by atoms with Crippen LogP contribution < -0.4 is 0 Å². The highest BCUT2D eigenvalue weighted by Crippen LogP contribution is 2.29. The van der Waals surface area contributed by atoms with Crippen molar-refractivity contribution in [1.82, 2.24) is 4.90 Å². The number of nitrogens with zero attached hydrogens (tertiary/aromatic N) is 1. The Hall–Kier alpha value is -0.120. The van der Waals surface area contributed by atoms with Gasteiger partial charge in [0, 0.05) is 6.54 Å². The minimum Gasteiger partial charge on any atom is -0.396 e. The van der Waals surface area contributed by atoms with Gasteiger partial charge in [0.2, 0.25) is 0 Å². The van der Waals surface area contributed by atoms with E-state index in [1.165, 1.54) is 32.4 Å². The molecule has 2 rings (SSSR count). The lowest BCUT2D eigenvalue weighted by Crippen LogP contribution is -2.53. The third-order valence-electron chi connectivity index (χ3n) is 3.82. The molecule has 2 saturated heterocycles. The number of aliphatic hydroxyl groups excluding tert-OH is 1. The number of aliphatic hydroxyl groups is 1.